The number of ether oxygens (including phenoxy) is 1. The second-order valence-electron chi connectivity index (χ2n) is 4.70. The van der Waals surface area contributed by atoms with E-state index in [-0.39, 0.29) is 11.8 Å². The van der Waals surface area contributed by atoms with E-state index in [9.17, 15) is 5.26 Å². The highest BCUT2D eigenvalue weighted by molar-refractivity contribution is 7.14. The molecule has 4 nitrogen and oxygen atoms in total. The van der Waals surface area contributed by atoms with Gasteiger partial charge in [-0.15, -0.1) is 11.3 Å². The van der Waals surface area contributed by atoms with Crippen LogP contribution < -0.4 is 10.5 Å². The molecule has 0 aliphatic carbocycles. The van der Waals surface area contributed by atoms with Crippen molar-refractivity contribution >= 4 is 11.3 Å². The fourth-order valence-corrected chi connectivity index (χ4v) is 3.52. The highest BCUT2D eigenvalue weighted by Crippen LogP contribution is 2.48. The van der Waals surface area contributed by atoms with Crippen molar-refractivity contribution in [2.24, 2.45) is 5.73 Å². The molecule has 0 amide bonds. The summed E-state index contributed by atoms with van der Waals surface area (Å²) in [6.45, 7) is 4.10. The van der Waals surface area contributed by atoms with E-state index in [0.29, 0.717) is 5.57 Å². The molecule has 0 spiro atoms. The van der Waals surface area contributed by atoms with E-state index in [4.69, 9.17) is 10.5 Å². The average Bonchev–Trinajstić information content (AvgIpc) is 2.73. The van der Waals surface area contributed by atoms with Crippen LogP contribution in [0.4, 0.5) is 0 Å². The summed E-state index contributed by atoms with van der Waals surface area (Å²) in [6, 6.07) is 6.01. The molecule has 1 atom stereocenters. The molecule has 5 heteroatoms. The minimum atomic E-state index is -0.192. The molecule has 0 bridgehead atoms. The number of nitrogens with zero attached hydrogens (tertiary/aromatic N) is 2. The molecule has 3 rings (SSSR count). The molecule has 0 saturated carbocycles. The second-order valence-corrected chi connectivity index (χ2v) is 5.88. The Hall–Kier alpha value is -2.32. The van der Waals surface area contributed by atoms with Crippen LogP contribution in [0.2, 0.25) is 0 Å². The van der Waals surface area contributed by atoms with Gasteiger partial charge in [0, 0.05) is 22.8 Å². The molecule has 1 unspecified atom stereocenters. The average molecular weight is 283 g/mol. The lowest BCUT2D eigenvalue weighted by Gasteiger charge is -2.24. The summed E-state index contributed by atoms with van der Waals surface area (Å²) in [4.78, 5) is 5.33. The van der Waals surface area contributed by atoms with Crippen molar-refractivity contribution in [3.05, 3.63) is 57.6 Å². The van der Waals surface area contributed by atoms with Gasteiger partial charge in [0.05, 0.1) is 5.92 Å². The SMILES string of the molecule is Cc1sc2c(c1C)C(c1cccnc1)C(C#N)=C(N)O2. The zero-order valence-electron chi connectivity index (χ0n) is 11.2. The van der Waals surface area contributed by atoms with Gasteiger partial charge >= 0.3 is 0 Å². The monoisotopic (exact) mass is 283 g/mol. The Labute approximate surface area is 121 Å². The van der Waals surface area contributed by atoms with Crippen molar-refractivity contribution in [2.45, 2.75) is 19.8 Å². The number of hydrogen-bond acceptors (Lipinski definition) is 5. The molecule has 1 aliphatic rings. The fourth-order valence-electron chi connectivity index (χ4n) is 2.46. The first-order chi connectivity index (χ1) is 9.63. The van der Waals surface area contributed by atoms with Crippen LogP contribution in [0.1, 0.15) is 27.5 Å². The van der Waals surface area contributed by atoms with Crippen LogP contribution in [-0.2, 0) is 0 Å². The van der Waals surface area contributed by atoms with Gasteiger partial charge in [-0.2, -0.15) is 5.26 Å². The van der Waals surface area contributed by atoms with Gasteiger partial charge in [0.1, 0.15) is 11.6 Å². The molecular weight excluding hydrogens is 270 g/mol. The third-order valence-corrected chi connectivity index (χ3v) is 4.68. The molecule has 1 aliphatic heterocycles. The highest BCUT2D eigenvalue weighted by Gasteiger charge is 2.34. The number of thiophene rings is 1. The van der Waals surface area contributed by atoms with E-state index in [1.165, 1.54) is 4.88 Å². The lowest BCUT2D eigenvalue weighted by atomic mass is 9.84. The van der Waals surface area contributed by atoms with Crippen molar-refractivity contribution in [3.63, 3.8) is 0 Å². The number of nitriles is 1. The summed E-state index contributed by atoms with van der Waals surface area (Å²) in [5.74, 6) is -0.00231. The van der Waals surface area contributed by atoms with E-state index >= 15 is 0 Å². The van der Waals surface area contributed by atoms with Crippen LogP contribution in [0.15, 0.2) is 36.0 Å². The molecule has 0 radical (unpaired) electrons. The lowest BCUT2D eigenvalue weighted by molar-refractivity contribution is 0.405. The summed E-state index contributed by atoms with van der Waals surface area (Å²) in [7, 11) is 0. The highest BCUT2D eigenvalue weighted by atomic mass is 32.1. The number of rotatable bonds is 1. The van der Waals surface area contributed by atoms with Crippen LogP contribution in [-0.4, -0.2) is 4.98 Å². The van der Waals surface area contributed by atoms with Gasteiger partial charge in [-0.1, -0.05) is 6.07 Å². The minimum absolute atomic E-state index is 0.190. The third-order valence-electron chi connectivity index (χ3n) is 3.58. The molecule has 0 fully saturated rings. The molecule has 2 aromatic rings. The van der Waals surface area contributed by atoms with E-state index in [2.05, 4.69) is 11.1 Å². The van der Waals surface area contributed by atoms with E-state index < -0.39 is 0 Å². The van der Waals surface area contributed by atoms with Crippen LogP contribution in [0.25, 0.3) is 0 Å². The number of pyridine rings is 1. The van der Waals surface area contributed by atoms with E-state index in [1.807, 2.05) is 26.0 Å². The van der Waals surface area contributed by atoms with Crippen molar-refractivity contribution in [1.82, 2.24) is 4.98 Å². The van der Waals surface area contributed by atoms with E-state index in [0.717, 1.165) is 21.8 Å². The number of nitrogens with two attached hydrogens (primary N) is 1. The van der Waals surface area contributed by atoms with Gasteiger partial charge in [-0.05, 0) is 31.0 Å². The molecule has 3 heterocycles. The summed E-state index contributed by atoms with van der Waals surface area (Å²) in [5, 5.41) is 10.2. The molecular formula is C15H13N3OS. The second kappa shape index (κ2) is 4.66. The summed E-state index contributed by atoms with van der Waals surface area (Å²) < 4.78 is 5.62. The Morgan fingerprint density at radius 2 is 2.25 bits per heavy atom. The number of aryl methyl sites for hydroxylation is 1. The van der Waals surface area contributed by atoms with Gasteiger partial charge in [-0.25, -0.2) is 0 Å². The molecule has 0 aromatic carbocycles. The van der Waals surface area contributed by atoms with E-state index in [1.54, 1.807) is 23.7 Å². The Morgan fingerprint density at radius 3 is 2.90 bits per heavy atom. The Morgan fingerprint density at radius 1 is 1.45 bits per heavy atom. The maximum Gasteiger partial charge on any atom is 0.206 e. The Kier molecular flexibility index (Phi) is 2.96. The minimum Gasteiger partial charge on any atom is -0.429 e. The first kappa shape index (κ1) is 12.7. The van der Waals surface area contributed by atoms with Gasteiger partial charge in [0.15, 0.2) is 5.06 Å². The normalized spacial score (nSPS) is 17.4. The fraction of sp³-hybridized carbons (Fsp3) is 0.200. The standard InChI is InChI=1S/C15H13N3OS/c1-8-9(2)20-15-12(8)13(10-4-3-5-18-7-10)11(6-16)14(17)19-15/h3-5,7,13H,17H2,1-2H3. The van der Waals surface area contributed by atoms with Crippen LogP contribution in [0.3, 0.4) is 0 Å². The lowest BCUT2D eigenvalue weighted by Crippen LogP contribution is -2.20. The molecule has 100 valence electrons. The topological polar surface area (TPSA) is 71.9 Å². The number of aromatic nitrogens is 1. The van der Waals surface area contributed by atoms with Crippen molar-refractivity contribution in [1.29, 1.82) is 5.26 Å². The van der Waals surface area contributed by atoms with Gasteiger partial charge in [-0.3, -0.25) is 4.98 Å². The Bertz CT molecular complexity index is 740. The molecule has 2 aromatic heterocycles. The smallest absolute Gasteiger partial charge is 0.206 e. The van der Waals surface area contributed by atoms with Crippen molar-refractivity contribution < 1.29 is 4.74 Å². The maximum absolute atomic E-state index is 9.43. The van der Waals surface area contributed by atoms with Crippen LogP contribution >= 0.6 is 11.3 Å². The van der Waals surface area contributed by atoms with Gasteiger partial charge in [0.2, 0.25) is 5.88 Å². The first-order valence-corrected chi connectivity index (χ1v) is 7.02. The van der Waals surface area contributed by atoms with Crippen LogP contribution in [0, 0.1) is 25.2 Å². The molecule has 0 saturated heterocycles. The van der Waals surface area contributed by atoms with Gasteiger partial charge < -0.3 is 10.5 Å². The predicted molar refractivity (Wildman–Crippen MR) is 77.3 cm³/mol. The molecule has 2 N–H and O–H groups in total. The van der Waals surface area contributed by atoms with Crippen molar-refractivity contribution in [2.75, 3.05) is 0 Å². The van der Waals surface area contributed by atoms with Crippen molar-refractivity contribution in [3.8, 4) is 11.1 Å². The number of allylic oxidation sites excluding steroid dienone is 1. The Balaban J connectivity index is 2.27. The summed E-state index contributed by atoms with van der Waals surface area (Å²) in [5.41, 5.74) is 9.50. The zero-order valence-corrected chi connectivity index (χ0v) is 12.0. The summed E-state index contributed by atoms with van der Waals surface area (Å²) in [6.07, 6.45) is 3.49. The quantitative estimate of drug-likeness (QED) is 0.873. The third kappa shape index (κ3) is 1.77. The zero-order chi connectivity index (χ0) is 14.3. The maximum atomic E-state index is 9.43. The number of hydrogen-bond donors (Lipinski definition) is 1. The molecule has 20 heavy (non-hydrogen) atoms. The van der Waals surface area contributed by atoms with Gasteiger partial charge in [0.25, 0.3) is 0 Å². The number of fused-ring (bicyclic) bond motifs is 1. The van der Waals surface area contributed by atoms with Crippen LogP contribution in [0.5, 0.6) is 5.06 Å². The summed E-state index contributed by atoms with van der Waals surface area (Å²) >= 11 is 1.57. The first-order valence-electron chi connectivity index (χ1n) is 6.21. The largest absolute Gasteiger partial charge is 0.429 e. The predicted octanol–water partition coefficient (Wildman–Crippen LogP) is 2.98.